The highest BCUT2D eigenvalue weighted by Crippen LogP contribution is 2.20. The topological polar surface area (TPSA) is 92.9 Å². The first kappa shape index (κ1) is 16.3. The summed E-state index contributed by atoms with van der Waals surface area (Å²) in [5, 5.41) is 5.34. The first-order valence-electron chi connectivity index (χ1n) is 7.24. The third kappa shape index (κ3) is 3.86. The zero-order chi connectivity index (χ0) is 17.8. The molecule has 25 heavy (non-hydrogen) atoms. The van der Waals surface area contributed by atoms with Crippen molar-refractivity contribution in [2.45, 2.75) is 0 Å². The standard InChI is InChI=1S/C17H13F2N5O/c18-13-4-2-1-3-12(13)16(25)23-11-7-5-10(6-8-11)22-15-14(19)9-21-17(20)24-15/h1-9H,(H,23,25)(H3,20,21,22,24). The lowest BCUT2D eigenvalue weighted by Gasteiger charge is -2.09. The number of nitrogens with one attached hydrogen (secondary N) is 2. The van der Waals surface area contributed by atoms with Crippen LogP contribution in [0.25, 0.3) is 0 Å². The lowest BCUT2D eigenvalue weighted by atomic mass is 10.2. The molecule has 4 N–H and O–H groups in total. The number of nitrogens with two attached hydrogens (primary N) is 1. The highest BCUT2D eigenvalue weighted by atomic mass is 19.1. The summed E-state index contributed by atoms with van der Waals surface area (Å²) in [6.07, 6.45) is 0.966. The fourth-order valence-corrected chi connectivity index (χ4v) is 2.09. The molecular formula is C17H13F2N5O. The van der Waals surface area contributed by atoms with Gasteiger partial charge in [0.05, 0.1) is 11.8 Å². The number of hydrogen-bond acceptors (Lipinski definition) is 5. The predicted octanol–water partition coefficient (Wildman–Crippen LogP) is 3.33. The van der Waals surface area contributed by atoms with Gasteiger partial charge in [-0.25, -0.2) is 13.8 Å². The molecule has 0 radical (unpaired) electrons. The first-order valence-corrected chi connectivity index (χ1v) is 7.24. The Hall–Kier alpha value is -3.55. The number of benzene rings is 2. The molecule has 3 rings (SSSR count). The van der Waals surface area contributed by atoms with Crippen LogP contribution in [0.15, 0.2) is 54.7 Å². The largest absolute Gasteiger partial charge is 0.368 e. The Labute approximate surface area is 141 Å². The Morgan fingerprint density at radius 1 is 0.960 bits per heavy atom. The Bertz CT molecular complexity index is 915. The number of nitrogen functional groups attached to an aromatic ring is 1. The van der Waals surface area contributed by atoms with Crippen LogP contribution < -0.4 is 16.4 Å². The maximum Gasteiger partial charge on any atom is 0.258 e. The average Bonchev–Trinajstić information content (AvgIpc) is 2.60. The minimum Gasteiger partial charge on any atom is -0.368 e. The molecule has 2 aromatic carbocycles. The zero-order valence-corrected chi connectivity index (χ0v) is 12.8. The lowest BCUT2D eigenvalue weighted by molar-refractivity contribution is 0.102. The van der Waals surface area contributed by atoms with Crippen LogP contribution in [0, 0.1) is 11.6 Å². The van der Waals surface area contributed by atoms with Crippen LogP contribution in [0.1, 0.15) is 10.4 Å². The van der Waals surface area contributed by atoms with Gasteiger partial charge >= 0.3 is 0 Å². The van der Waals surface area contributed by atoms with Crippen LogP contribution in [0.3, 0.4) is 0 Å². The van der Waals surface area contributed by atoms with Gasteiger partial charge in [0, 0.05) is 11.4 Å². The maximum absolute atomic E-state index is 13.6. The van der Waals surface area contributed by atoms with Gasteiger partial charge in [0.15, 0.2) is 11.6 Å². The number of aromatic nitrogens is 2. The summed E-state index contributed by atoms with van der Waals surface area (Å²) < 4.78 is 27.2. The van der Waals surface area contributed by atoms with E-state index in [0.29, 0.717) is 11.4 Å². The summed E-state index contributed by atoms with van der Waals surface area (Å²) >= 11 is 0. The van der Waals surface area contributed by atoms with Crippen molar-refractivity contribution in [1.82, 2.24) is 9.97 Å². The van der Waals surface area contributed by atoms with Crippen LogP contribution in [0.5, 0.6) is 0 Å². The number of nitrogens with zero attached hydrogens (tertiary/aromatic N) is 2. The van der Waals surface area contributed by atoms with Crippen molar-refractivity contribution in [1.29, 1.82) is 0 Å². The predicted molar refractivity (Wildman–Crippen MR) is 90.5 cm³/mol. The molecule has 0 saturated carbocycles. The van der Waals surface area contributed by atoms with Gasteiger partial charge in [-0.05, 0) is 36.4 Å². The highest BCUT2D eigenvalue weighted by molar-refractivity contribution is 6.04. The van der Waals surface area contributed by atoms with Crippen molar-refractivity contribution in [3.05, 3.63) is 71.9 Å². The van der Waals surface area contributed by atoms with Gasteiger partial charge in [-0.3, -0.25) is 4.79 Å². The van der Waals surface area contributed by atoms with E-state index in [4.69, 9.17) is 5.73 Å². The Kier molecular flexibility index (Phi) is 4.51. The molecule has 3 aromatic rings. The summed E-state index contributed by atoms with van der Waals surface area (Å²) in [4.78, 5) is 19.3. The number of hydrogen-bond donors (Lipinski definition) is 3. The summed E-state index contributed by atoms with van der Waals surface area (Å²) in [6.45, 7) is 0. The minimum absolute atomic E-state index is 0.0526. The van der Waals surface area contributed by atoms with E-state index in [0.717, 1.165) is 6.20 Å². The molecule has 126 valence electrons. The molecule has 1 aromatic heterocycles. The molecule has 0 spiro atoms. The van der Waals surface area contributed by atoms with Crippen molar-refractivity contribution >= 4 is 29.0 Å². The molecule has 8 heteroatoms. The van der Waals surface area contributed by atoms with Gasteiger partial charge in [0.2, 0.25) is 5.95 Å². The van der Waals surface area contributed by atoms with Crippen LogP contribution >= 0.6 is 0 Å². The molecule has 6 nitrogen and oxygen atoms in total. The fourth-order valence-electron chi connectivity index (χ4n) is 2.09. The van der Waals surface area contributed by atoms with E-state index >= 15 is 0 Å². The number of rotatable bonds is 4. The van der Waals surface area contributed by atoms with E-state index in [-0.39, 0.29) is 17.3 Å². The smallest absolute Gasteiger partial charge is 0.258 e. The van der Waals surface area contributed by atoms with Gasteiger partial charge < -0.3 is 16.4 Å². The van der Waals surface area contributed by atoms with Crippen LogP contribution in [-0.4, -0.2) is 15.9 Å². The van der Waals surface area contributed by atoms with E-state index in [2.05, 4.69) is 20.6 Å². The van der Waals surface area contributed by atoms with Crippen LogP contribution in [-0.2, 0) is 0 Å². The van der Waals surface area contributed by atoms with Crippen LogP contribution in [0.4, 0.5) is 31.9 Å². The second kappa shape index (κ2) is 6.91. The molecule has 0 atom stereocenters. The van der Waals surface area contributed by atoms with E-state index < -0.39 is 17.5 Å². The van der Waals surface area contributed by atoms with E-state index in [1.807, 2.05) is 0 Å². The number of halogens is 2. The van der Waals surface area contributed by atoms with Crippen LogP contribution in [0.2, 0.25) is 0 Å². The van der Waals surface area contributed by atoms with Crippen molar-refractivity contribution in [3.8, 4) is 0 Å². The van der Waals surface area contributed by atoms with E-state index in [1.54, 1.807) is 30.3 Å². The average molecular weight is 341 g/mol. The summed E-state index contributed by atoms with van der Waals surface area (Å²) in [6, 6.07) is 12.1. The summed E-state index contributed by atoms with van der Waals surface area (Å²) in [5.74, 6) is -1.93. The minimum atomic E-state index is -0.647. The Balaban J connectivity index is 1.71. The Morgan fingerprint density at radius 3 is 2.36 bits per heavy atom. The monoisotopic (exact) mass is 341 g/mol. The quantitative estimate of drug-likeness (QED) is 0.677. The molecule has 0 bridgehead atoms. The van der Waals surface area contributed by atoms with Crippen molar-refractivity contribution < 1.29 is 13.6 Å². The third-order valence-corrected chi connectivity index (χ3v) is 3.29. The first-order chi connectivity index (χ1) is 12.0. The van der Waals surface area contributed by atoms with Gasteiger partial charge in [0.1, 0.15) is 5.82 Å². The number of carbonyl (C=O) groups excluding carboxylic acids is 1. The normalized spacial score (nSPS) is 10.3. The molecule has 0 unspecified atom stereocenters. The van der Waals surface area contributed by atoms with Gasteiger partial charge in [-0.15, -0.1) is 0 Å². The Morgan fingerprint density at radius 2 is 1.64 bits per heavy atom. The molecular weight excluding hydrogens is 328 g/mol. The second-order valence-electron chi connectivity index (χ2n) is 5.06. The molecule has 0 aliphatic heterocycles. The lowest BCUT2D eigenvalue weighted by Crippen LogP contribution is -2.13. The van der Waals surface area contributed by atoms with E-state index in [1.165, 1.54) is 18.2 Å². The maximum atomic E-state index is 13.6. The van der Waals surface area contributed by atoms with Gasteiger partial charge in [-0.1, -0.05) is 12.1 Å². The van der Waals surface area contributed by atoms with Crippen molar-refractivity contribution in [3.63, 3.8) is 0 Å². The van der Waals surface area contributed by atoms with Gasteiger partial charge in [0.25, 0.3) is 5.91 Å². The summed E-state index contributed by atoms with van der Waals surface area (Å²) in [5.41, 5.74) is 6.36. The molecule has 0 fully saturated rings. The number of carbonyl (C=O) groups is 1. The SMILES string of the molecule is Nc1ncc(F)c(Nc2ccc(NC(=O)c3ccccc3F)cc2)n1. The van der Waals surface area contributed by atoms with Crippen molar-refractivity contribution in [2.75, 3.05) is 16.4 Å². The molecule has 0 aliphatic carbocycles. The number of anilines is 4. The number of amides is 1. The highest BCUT2D eigenvalue weighted by Gasteiger charge is 2.11. The molecule has 1 amide bonds. The molecule has 0 saturated heterocycles. The molecule has 1 heterocycles. The zero-order valence-electron chi connectivity index (χ0n) is 12.8. The van der Waals surface area contributed by atoms with Gasteiger partial charge in [-0.2, -0.15) is 4.98 Å². The van der Waals surface area contributed by atoms with E-state index in [9.17, 15) is 13.6 Å². The fraction of sp³-hybridized carbons (Fsp3) is 0. The summed E-state index contributed by atoms with van der Waals surface area (Å²) in [7, 11) is 0. The second-order valence-corrected chi connectivity index (χ2v) is 5.06. The molecule has 0 aliphatic rings. The van der Waals surface area contributed by atoms with Crippen molar-refractivity contribution in [2.24, 2.45) is 0 Å². The third-order valence-electron chi connectivity index (χ3n) is 3.29.